The highest BCUT2D eigenvalue weighted by molar-refractivity contribution is 8.00. The van der Waals surface area contributed by atoms with Gasteiger partial charge in [0.05, 0.1) is 20.0 Å². The normalized spacial score (nSPS) is 10.8. The Kier molecular flexibility index (Phi) is 5.63. The number of fused-ring (bicyclic) bond motifs is 1. The van der Waals surface area contributed by atoms with E-state index in [9.17, 15) is 4.79 Å². The fourth-order valence-electron chi connectivity index (χ4n) is 2.50. The summed E-state index contributed by atoms with van der Waals surface area (Å²) in [6.07, 6.45) is 1.55. The van der Waals surface area contributed by atoms with Gasteiger partial charge in [-0.05, 0) is 31.5 Å². The van der Waals surface area contributed by atoms with Gasteiger partial charge in [-0.25, -0.2) is 9.97 Å². The van der Waals surface area contributed by atoms with E-state index in [1.165, 1.54) is 22.2 Å². The highest BCUT2D eigenvalue weighted by Gasteiger charge is 2.14. The Labute approximate surface area is 160 Å². The first-order chi connectivity index (χ1) is 12.5. The largest absolute Gasteiger partial charge is 0.493 e. The van der Waals surface area contributed by atoms with Gasteiger partial charge in [0.25, 0.3) is 0 Å². The van der Waals surface area contributed by atoms with E-state index in [0.29, 0.717) is 17.2 Å². The molecule has 0 bridgehead atoms. The molecule has 1 amide bonds. The Balaban J connectivity index is 1.70. The van der Waals surface area contributed by atoms with Crippen molar-refractivity contribution in [3.8, 4) is 11.5 Å². The van der Waals surface area contributed by atoms with E-state index in [4.69, 9.17) is 9.47 Å². The molecule has 0 saturated heterocycles. The highest BCUT2D eigenvalue weighted by atomic mass is 32.2. The number of rotatable bonds is 6. The van der Waals surface area contributed by atoms with Crippen LogP contribution in [0, 0.1) is 13.8 Å². The molecule has 0 unspecified atom stereocenters. The number of thioether (sulfide) groups is 1. The number of ether oxygens (including phenoxy) is 2. The molecule has 1 aromatic carbocycles. The number of thiophene rings is 1. The first-order valence-electron chi connectivity index (χ1n) is 7.89. The Bertz CT molecular complexity index is 956. The van der Waals surface area contributed by atoms with Crippen molar-refractivity contribution in [2.24, 2.45) is 0 Å². The van der Waals surface area contributed by atoms with Crippen LogP contribution in [0.1, 0.15) is 10.4 Å². The van der Waals surface area contributed by atoms with E-state index in [2.05, 4.69) is 29.1 Å². The van der Waals surface area contributed by atoms with Crippen LogP contribution in [0.5, 0.6) is 11.5 Å². The summed E-state index contributed by atoms with van der Waals surface area (Å²) in [7, 11) is 3.13. The monoisotopic (exact) mass is 389 g/mol. The van der Waals surface area contributed by atoms with Crippen molar-refractivity contribution < 1.29 is 14.3 Å². The summed E-state index contributed by atoms with van der Waals surface area (Å²) in [5, 5.41) is 4.74. The minimum atomic E-state index is -0.112. The number of hydrogen-bond acceptors (Lipinski definition) is 7. The molecule has 3 aromatic rings. The van der Waals surface area contributed by atoms with E-state index < -0.39 is 0 Å². The number of anilines is 1. The summed E-state index contributed by atoms with van der Waals surface area (Å²) in [6.45, 7) is 4.13. The number of benzene rings is 1. The molecule has 6 nitrogen and oxygen atoms in total. The number of hydrogen-bond donors (Lipinski definition) is 1. The number of aromatic nitrogens is 2. The molecule has 0 aliphatic carbocycles. The van der Waals surface area contributed by atoms with Crippen LogP contribution in [-0.4, -0.2) is 35.8 Å². The number of aryl methyl sites for hydroxylation is 2. The van der Waals surface area contributed by atoms with E-state index in [1.807, 2.05) is 0 Å². The lowest BCUT2D eigenvalue weighted by atomic mass is 10.2. The second-order valence-electron chi connectivity index (χ2n) is 5.55. The third-order valence-corrected chi connectivity index (χ3v) is 6.04. The predicted molar refractivity (Wildman–Crippen MR) is 106 cm³/mol. The molecule has 0 aliphatic heterocycles. The fraction of sp³-hybridized carbons (Fsp3) is 0.278. The smallest absolute Gasteiger partial charge is 0.234 e. The molecule has 0 atom stereocenters. The molecule has 1 N–H and O–H groups in total. The topological polar surface area (TPSA) is 73.3 Å². The van der Waals surface area contributed by atoms with Gasteiger partial charge in [0.1, 0.15) is 16.2 Å². The van der Waals surface area contributed by atoms with Crippen molar-refractivity contribution in [1.29, 1.82) is 0 Å². The van der Waals surface area contributed by atoms with Gasteiger partial charge in [0, 0.05) is 22.0 Å². The Hall–Kier alpha value is -2.32. The van der Waals surface area contributed by atoms with Crippen LogP contribution >= 0.6 is 23.1 Å². The van der Waals surface area contributed by atoms with Gasteiger partial charge in [-0.15, -0.1) is 11.3 Å². The molecular weight excluding hydrogens is 370 g/mol. The van der Waals surface area contributed by atoms with Crippen molar-refractivity contribution in [2.75, 3.05) is 25.3 Å². The molecule has 0 aliphatic rings. The number of carbonyl (C=O) groups is 1. The van der Waals surface area contributed by atoms with Crippen LogP contribution in [0.3, 0.4) is 0 Å². The van der Waals surface area contributed by atoms with Gasteiger partial charge < -0.3 is 14.8 Å². The summed E-state index contributed by atoms with van der Waals surface area (Å²) in [6, 6.07) is 5.27. The first-order valence-corrected chi connectivity index (χ1v) is 9.69. The number of carbonyl (C=O) groups excluding carboxylic acids is 1. The van der Waals surface area contributed by atoms with E-state index in [0.717, 1.165) is 15.2 Å². The van der Waals surface area contributed by atoms with E-state index in [-0.39, 0.29) is 11.7 Å². The van der Waals surface area contributed by atoms with Crippen molar-refractivity contribution in [1.82, 2.24) is 9.97 Å². The second-order valence-corrected chi connectivity index (χ2v) is 7.72. The predicted octanol–water partition coefficient (Wildman–Crippen LogP) is 4.06. The summed E-state index contributed by atoms with van der Waals surface area (Å²) in [5.74, 6) is 1.33. The molecule has 2 heterocycles. The van der Waals surface area contributed by atoms with Crippen molar-refractivity contribution >= 4 is 44.9 Å². The average Bonchev–Trinajstić information content (AvgIpc) is 2.94. The maximum atomic E-state index is 12.3. The lowest BCUT2D eigenvalue weighted by Crippen LogP contribution is -2.14. The van der Waals surface area contributed by atoms with Gasteiger partial charge in [-0.3, -0.25) is 4.79 Å². The number of nitrogens with one attached hydrogen (secondary N) is 1. The Morgan fingerprint density at radius 2 is 1.96 bits per heavy atom. The fourth-order valence-corrected chi connectivity index (χ4v) is 4.42. The Morgan fingerprint density at radius 3 is 2.69 bits per heavy atom. The number of methoxy groups -OCH3 is 2. The molecule has 136 valence electrons. The van der Waals surface area contributed by atoms with E-state index >= 15 is 0 Å². The quantitative estimate of drug-likeness (QED) is 0.506. The lowest BCUT2D eigenvalue weighted by Gasteiger charge is -2.10. The zero-order chi connectivity index (χ0) is 18.7. The minimum absolute atomic E-state index is 0.112. The van der Waals surface area contributed by atoms with Crippen LogP contribution in [0.2, 0.25) is 0 Å². The number of amides is 1. The molecule has 0 fully saturated rings. The SMILES string of the molecule is COc1ccc(NC(=O)CSc2ncnc3sc(C)c(C)c23)cc1OC. The molecule has 3 rings (SSSR count). The minimum Gasteiger partial charge on any atom is -0.493 e. The summed E-state index contributed by atoms with van der Waals surface area (Å²) >= 11 is 3.06. The van der Waals surface area contributed by atoms with Gasteiger partial charge in [0.15, 0.2) is 11.5 Å². The average molecular weight is 390 g/mol. The molecule has 8 heteroatoms. The van der Waals surface area contributed by atoms with Crippen LogP contribution < -0.4 is 14.8 Å². The molecule has 26 heavy (non-hydrogen) atoms. The second kappa shape index (κ2) is 7.92. The van der Waals surface area contributed by atoms with Crippen LogP contribution in [0.25, 0.3) is 10.2 Å². The van der Waals surface area contributed by atoms with Crippen LogP contribution in [-0.2, 0) is 4.79 Å². The maximum Gasteiger partial charge on any atom is 0.234 e. The summed E-state index contributed by atoms with van der Waals surface area (Å²) in [4.78, 5) is 23.2. The zero-order valence-corrected chi connectivity index (χ0v) is 16.6. The molecule has 0 radical (unpaired) electrons. The third kappa shape index (κ3) is 3.76. The van der Waals surface area contributed by atoms with Crippen molar-refractivity contribution in [3.63, 3.8) is 0 Å². The number of nitrogens with zero attached hydrogens (tertiary/aromatic N) is 2. The molecule has 0 saturated carbocycles. The molecule has 0 spiro atoms. The zero-order valence-electron chi connectivity index (χ0n) is 15.0. The van der Waals surface area contributed by atoms with Crippen molar-refractivity contribution in [2.45, 2.75) is 18.9 Å². The highest BCUT2D eigenvalue weighted by Crippen LogP contribution is 2.34. The van der Waals surface area contributed by atoms with Crippen LogP contribution in [0.4, 0.5) is 5.69 Å². The van der Waals surface area contributed by atoms with Gasteiger partial charge in [0.2, 0.25) is 5.91 Å². The van der Waals surface area contributed by atoms with Gasteiger partial charge in [-0.2, -0.15) is 0 Å². The third-order valence-electron chi connectivity index (χ3n) is 3.94. The summed E-state index contributed by atoms with van der Waals surface area (Å²) in [5.41, 5.74) is 1.83. The first kappa shape index (κ1) is 18.5. The standard InChI is InChI=1S/C18H19N3O3S2/c1-10-11(2)26-18-16(10)17(19-9-20-18)25-8-15(22)21-12-5-6-13(23-3)14(7-12)24-4/h5-7,9H,8H2,1-4H3,(H,21,22). The van der Waals surface area contributed by atoms with Crippen molar-refractivity contribution in [3.05, 3.63) is 35.0 Å². The molecular formula is C18H19N3O3S2. The van der Waals surface area contributed by atoms with E-state index in [1.54, 1.807) is 50.1 Å². The van der Waals surface area contributed by atoms with Crippen LogP contribution in [0.15, 0.2) is 29.6 Å². The van der Waals surface area contributed by atoms with Gasteiger partial charge >= 0.3 is 0 Å². The maximum absolute atomic E-state index is 12.3. The summed E-state index contributed by atoms with van der Waals surface area (Å²) < 4.78 is 10.5. The Morgan fingerprint density at radius 1 is 1.19 bits per heavy atom. The van der Waals surface area contributed by atoms with Gasteiger partial charge in [-0.1, -0.05) is 11.8 Å². The lowest BCUT2D eigenvalue weighted by molar-refractivity contribution is -0.113. The molecule has 2 aromatic heterocycles.